The summed E-state index contributed by atoms with van der Waals surface area (Å²) in [7, 11) is 7.86. The zero-order chi connectivity index (χ0) is 21.1. The number of benzene rings is 4. The molecular formula is C24H19ClNO3Sb. The molecule has 0 aliphatic carbocycles. The van der Waals surface area contributed by atoms with Gasteiger partial charge in [0.15, 0.2) is 0 Å². The second-order valence-electron chi connectivity index (χ2n) is 6.78. The fourth-order valence-corrected chi connectivity index (χ4v) is 17.3. The van der Waals surface area contributed by atoms with E-state index in [2.05, 4.69) is 0 Å². The Balaban J connectivity index is 2.02. The third-order valence-corrected chi connectivity index (χ3v) is 21.4. The molecule has 0 saturated carbocycles. The van der Waals surface area contributed by atoms with Gasteiger partial charge in [0.2, 0.25) is 0 Å². The van der Waals surface area contributed by atoms with E-state index in [1.807, 2.05) is 91.0 Å². The number of nitro benzene ring substituents is 1. The monoisotopic (exact) mass is 525 g/mol. The van der Waals surface area contributed by atoms with Crippen LogP contribution in [0.25, 0.3) is 0 Å². The van der Waals surface area contributed by atoms with Crippen molar-refractivity contribution in [3.8, 4) is 5.75 Å². The predicted octanol–water partition coefficient (Wildman–Crippen LogP) is 4.33. The van der Waals surface area contributed by atoms with Crippen LogP contribution in [-0.4, -0.2) is 21.6 Å². The molecule has 0 heterocycles. The molecule has 0 spiro atoms. The van der Waals surface area contributed by atoms with Crippen LogP contribution in [0.3, 0.4) is 0 Å². The van der Waals surface area contributed by atoms with Crippen LogP contribution < -0.4 is 13.5 Å². The Morgan fingerprint density at radius 3 is 1.33 bits per heavy atom. The van der Waals surface area contributed by atoms with Crippen LogP contribution in [0.2, 0.25) is 0 Å². The average Bonchev–Trinajstić information content (AvgIpc) is 2.81. The average molecular weight is 527 g/mol. The van der Waals surface area contributed by atoms with E-state index < -0.39 is 21.6 Å². The van der Waals surface area contributed by atoms with Gasteiger partial charge in [0.25, 0.3) is 0 Å². The van der Waals surface area contributed by atoms with Gasteiger partial charge in [-0.25, -0.2) is 0 Å². The molecule has 6 heteroatoms. The predicted molar refractivity (Wildman–Crippen MR) is 124 cm³/mol. The van der Waals surface area contributed by atoms with Crippen molar-refractivity contribution in [1.82, 2.24) is 0 Å². The van der Waals surface area contributed by atoms with Gasteiger partial charge in [-0.1, -0.05) is 0 Å². The maximum absolute atomic E-state index is 11.1. The Morgan fingerprint density at radius 1 is 0.633 bits per heavy atom. The molecule has 4 nitrogen and oxygen atoms in total. The number of non-ortho nitro benzene ring substituents is 1. The van der Waals surface area contributed by atoms with E-state index in [1.165, 1.54) is 12.1 Å². The first kappa shape index (κ1) is 20.5. The van der Waals surface area contributed by atoms with Crippen molar-refractivity contribution in [3.63, 3.8) is 0 Å². The molecule has 4 aromatic carbocycles. The van der Waals surface area contributed by atoms with Crippen molar-refractivity contribution in [1.29, 1.82) is 0 Å². The number of halogens is 1. The van der Waals surface area contributed by atoms with Gasteiger partial charge >= 0.3 is 181 Å². The minimum absolute atomic E-state index is 0.00454. The fourth-order valence-electron chi connectivity index (χ4n) is 3.51. The second kappa shape index (κ2) is 8.14. The SMILES string of the molecule is O=[N+]([O-])c1ccc([O][Sb]([Cl])([c]2ccccc2)([c]2ccccc2)[c]2ccccc2)cc1. The molecule has 0 N–H and O–H groups in total. The summed E-state index contributed by atoms with van der Waals surface area (Å²) in [5.74, 6) is 0.494. The van der Waals surface area contributed by atoms with Crippen LogP contribution in [0, 0.1) is 10.1 Å². The summed E-state index contributed by atoms with van der Waals surface area (Å²) in [5, 5.41) is 11.1. The Morgan fingerprint density at radius 2 is 1.00 bits per heavy atom. The Labute approximate surface area is 180 Å². The van der Waals surface area contributed by atoms with Gasteiger partial charge in [0.1, 0.15) is 0 Å². The van der Waals surface area contributed by atoms with Crippen molar-refractivity contribution < 1.29 is 7.94 Å². The van der Waals surface area contributed by atoms with E-state index in [0.29, 0.717) is 5.75 Å². The zero-order valence-corrected chi connectivity index (χ0v) is 19.3. The van der Waals surface area contributed by atoms with E-state index in [0.717, 1.165) is 10.5 Å². The van der Waals surface area contributed by atoms with Crippen molar-refractivity contribution in [2.24, 2.45) is 0 Å². The molecule has 0 saturated heterocycles. The normalized spacial score (nSPS) is 12.5. The van der Waals surface area contributed by atoms with Crippen molar-refractivity contribution >= 4 is 41.7 Å². The van der Waals surface area contributed by atoms with Crippen LogP contribution in [-0.2, 0) is 0 Å². The van der Waals surface area contributed by atoms with Crippen LogP contribution in [0.15, 0.2) is 115 Å². The number of nitro groups is 1. The first-order chi connectivity index (χ1) is 14.5. The van der Waals surface area contributed by atoms with E-state index >= 15 is 0 Å². The third kappa shape index (κ3) is 3.47. The van der Waals surface area contributed by atoms with E-state index in [-0.39, 0.29) is 5.69 Å². The van der Waals surface area contributed by atoms with Crippen LogP contribution in [0.5, 0.6) is 5.75 Å². The minimum atomic E-state index is -5.01. The summed E-state index contributed by atoms with van der Waals surface area (Å²) in [6.45, 7) is 0. The van der Waals surface area contributed by atoms with Gasteiger partial charge in [-0.2, -0.15) is 0 Å². The standard InChI is InChI=1S/C6H5NO3.3C6H5.ClH.Sb/c8-6-3-1-5(2-4-6)7(9)10;3*1-2-4-6-5-3-1;;/h1-4,8H;3*1-5H;1H;/q;;;;;+2/p-2. The summed E-state index contributed by atoms with van der Waals surface area (Å²) in [6.07, 6.45) is 0. The van der Waals surface area contributed by atoms with Gasteiger partial charge in [0, 0.05) is 0 Å². The number of hydrogen-bond donors (Lipinski definition) is 0. The van der Waals surface area contributed by atoms with Crippen molar-refractivity contribution in [2.75, 3.05) is 0 Å². The van der Waals surface area contributed by atoms with Gasteiger partial charge < -0.3 is 0 Å². The molecular weight excluding hydrogens is 507 g/mol. The molecule has 0 atom stereocenters. The topological polar surface area (TPSA) is 52.4 Å². The second-order valence-corrected chi connectivity index (χ2v) is 21.4. The third-order valence-electron chi connectivity index (χ3n) is 4.98. The Bertz CT molecular complexity index is 1050. The van der Waals surface area contributed by atoms with Gasteiger partial charge in [0.05, 0.1) is 0 Å². The number of rotatable bonds is 6. The van der Waals surface area contributed by atoms with E-state index in [1.54, 1.807) is 12.1 Å². The van der Waals surface area contributed by atoms with Crippen molar-refractivity contribution in [2.45, 2.75) is 0 Å². The molecule has 0 aromatic heterocycles. The molecule has 0 aliphatic heterocycles. The summed E-state index contributed by atoms with van der Waals surface area (Å²) < 4.78 is 9.58. The first-order valence-corrected chi connectivity index (χ1v) is 17.5. The molecule has 0 radical (unpaired) electrons. The van der Waals surface area contributed by atoms with E-state index in [9.17, 15) is 10.1 Å². The molecule has 0 unspecified atom stereocenters. The molecule has 0 bridgehead atoms. The molecule has 30 heavy (non-hydrogen) atoms. The van der Waals surface area contributed by atoms with Crippen molar-refractivity contribution in [3.05, 3.63) is 125 Å². The molecule has 0 amide bonds. The number of nitrogens with zero attached hydrogens (tertiary/aromatic N) is 1. The molecule has 0 fully saturated rings. The Hall–Kier alpha value is -2.81. The maximum atomic E-state index is 11.1. The van der Waals surface area contributed by atoms with E-state index in [4.69, 9.17) is 11.8 Å². The van der Waals surface area contributed by atoms with Crippen LogP contribution >= 0.6 is 8.83 Å². The Kier molecular flexibility index (Phi) is 5.55. The number of hydrogen-bond acceptors (Lipinski definition) is 3. The molecule has 4 aromatic rings. The van der Waals surface area contributed by atoms with Crippen LogP contribution in [0.1, 0.15) is 0 Å². The van der Waals surface area contributed by atoms with Gasteiger partial charge in [-0.3, -0.25) is 0 Å². The van der Waals surface area contributed by atoms with Gasteiger partial charge in [-0.05, 0) is 0 Å². The summed E-state index contributed by atoms with van der Waals surface area (Å²) in [6, 6.07) is 35.6. The summed E-state index contributed by atoms with van der Waals surface area (Å²) >= 11 is -5.01. The summed E-state index contributed by atoms with van der Waals surface area (Å²) in [5.41, 5.74) is 0.00454. The van der Waals surface area contributed by atoms with Crippen LogP contribution in [0.4, 0.5) is 5.69 Å². The first-order valence-electron chi connectivity index (χ1n) is 9.37. The fraction of sp³-hybridized carbons (Fsp3) is 0. The molecule has 0 aliphatic rings. The quantitative estimate of drug-likeness (QED) is 0.214. The van der Waals surface area contributed by atoms with Gasteiger partial charge in [-0.15, -0.1) is 0 Å². The zero-order valence-electron chi connectivity index (χ0n) is 16.0. The molecule has 4 rings (SSSR count). The molecule has 150 valence electrons. The summed E-state index contributed by atoms with van der Waals surface area (Å²) in [4.78, 5) is 10.6.